The molecule has 0 atom stereocenters. The van der Waals surface area contributed by atoms with Crippen LogP contribution in [0.15, 0.2) is 42.5 Å². The van der Waals surface area contributed by atoms with Gasteiger partial charge in [-0.2, -0.15) is 0 Å². The minimum Gasteiger partial charge on any atom is -0.454 e. The van der Waals surface area contributed by atoms with Crippen molar-refractivity contribution in [1.82, 2.24) is 15.5 Å². The van der Waals surface area contributed by atoms with Crippen molar-refractivity contribution in [3.8, 4) is 11.5 Å². The van der Waals surface area contributed by atoms with Crippen molar-refractivity contribution in [3.63, 3.8) is 0 Å². The molecule has 0 spiro atoms. The molecule has 1 aromatic heterocycles. The number of benzene rings is 2. The third-order valence-electron chi connectivity index (χ3n) is 4.83. The fraction of sp³-hybridized carbons (Fsp3) is 0.238. The summed E-state index contributed by atoms with van der Waals surface area (Å²) < 4.78 is 10.6. The molecule has 2 heterocycles. The second-order valence-corrected chi connectivity index (χ2v) is 8.13. The Balaban J connectivity index is 1.21. The Kier molecular flexibility index (Phi) is 4.80. The Morgan fingerprint density at radius 3 is 2.77 bits per heavy atom. The number of amides is 2. The van der Waals surface area contributed by atoms with Crippen LogP contribution in [0, 0.1) is 0 Å². The average Bonchev–Trinajstić information content (AvgIpc) is 3.30. The largest absolute Gasteiger partial charge is 0.454 e. The molecule has 3 aromatic rings. The van der Waals surface area contributed by atoms with Gasteiger partial charge < -0.3 is 20.1 Å². The van der Waals surface area contributed by atoms with E-state index in [1.165, 1.54) is 11.3 Å². The van der Waals surface area contributed by atoms with Gasteiger partial charge in [0.15, 0.2) is 11.5 Å². The number of nitrogens with zero attached hydrogens (tertiary/aromatic N) is 2. The lowest BCUT2D eigenvalue weighted by Gasteiger charge is -2.08. The number of hydrogen-bond donors (Lipinski definition) is 2. The summed E-state index contributed by atoms with van der Waals surface area (Å²) in [5.41, 5.74) is 1.88. The minimum absolute atomic E-state index is 0.211. The minimum atomic E-state index is -0.322. The summed E-state index contributed by atoms with van der Waals surface area (Å²) >= 11 is 1.32. The zero-order valence-electron chi connectivity index (χ0n) is 15.9. The van der Waals surface area contributed by atoms with E-state index >= 15 is 0 Å². The Labute approximate surface area is 176 Å². The SMILES string of the molecule is O=C(NCc1ccc2c(c1)OCO2)c1cccc(NC(=O)c2nnc(C3CC3)s2)c1. The highest BCUT2D eigenvalue weighted by molar-refractivity contribution is 7.13. The first-order valence-corrected chi connectivity index (χ1v) is 10.4. The molecule has 2 N–H and O–H groups in total. The van der Waals surface area contributed by atoms with E-state index in [2.05, 4.69) is 20.8 Å². The fourth-order valence-electron chi connectivity index (χ4n) is 3.08. The number of nitrogens with one attached hydrogen (secondary N) is 2. The third kappa shape index (κ3) is 3.97. The highest BCUT2D eigenvalue weighted by Crippen LogP contribution is 2.41. The fourth-order valence-corrected chi connectivity index (χ4v) is 3.99. The standard InChI is InChI=1S/C21H18N4O4S/c26-18(22-10-12-4-7-16-17(8-12)29-11-28-16)14-2-1-3-15(9-14)23-19(27)21-25-24-20(30-21)13-5-6-13/h1-4,7-9,13H,5-6,10-11H2,(H,22,26)(H,23,27). The molecule has 1 saturated carbocycles. The predicted molar refractivity (Wildman–Crippen MR) is 110 cm³/mol. The average molecular weight is 422 g/mol. The van der Waals surface area contributed by atoms with Gasteiger partial charge in [-0.05, 0) is 48.7 Å². The molecule has 0 bridgehead atoms. The maximum absolute atomic E-state index is 12.5. The van der Waals surface area contributed by atoms with Gasteiger partial charge in [0.2, 0.25) is 11.8 Å². The Bertz CT molecular complexity index is 1130. The van der Waals surface area contributed by atoms with Crippen molar-refractivity contribution in [1.29, 1.82) is 0 Å². The van der Waals surface area contributed by atoms with Crippen molar-refractivity contribution in [2.75, 3.05) is 12.1 Å². The molecule has 1 aliphatic carbocycles. The number of hydrogen-bond acceptors (Lipinski definition) is 7. The van der Waals surface area contributed by atoms with E-state index in [9.17, 15) is 9.59 Å². The van der Waals surface area contributed by atoms with Crippen LogP contribution >= 0.6 is 11.3 Å². The van der Waals surface area contributed by atoms with E-state index < -0.39 is 0 Å². The second kappa shape index (κ2) is 7.75. The molecule has 5 rings (SSSR count). The van der Waals surface area contributed by atoms with E-state index in [0.29, 0.717) is 40.2 Å². The normalized spacial score (nSPS) is 14.4. The van der Waals surface area contributed by atoms with Crippen molar-refractivity contribution in [3.05, 3.63) is 63.6 Å². The molecular formula is C21H18N4O4S. The van der Waals surface area contributed by atoms with E-state index in [0.717, 1.165) is 23.4 Å². The van der Waals surface area contributed by atoms with Gasteiger partial charge in [0.05, 0.1) is 0 Å². The number of aromatic nitrogens is 2. The van der Waals surface area contributed by atoms with Crippen molar-refractivity contribution in [2.24, 2.45) is 0 Å². The Morgan fingerprint density at radius 1 is 1.03 bits per heavy atom. The lowest BCUT2D eigenvalue weighted by atomic mass is 10.1. The second-order valence-electron chi connectivity index (χ2n) is 7.12. The van der Waals surface area contributed by atoms with E-state index in [1.54, 1.807) is 24.3 Å². The first kappa shape index (κ1) is 18.6. The predicted octanol–water partition coefficient (Wildman–Crippen LogP) is 3.33. The van der Waals surface area contributed by atoms with Crippen LogP contribution in [0.1, 0.15) is 49.5 Å². The molecule has 1 aliphatic heterocycles. The number of ether oxygens (including phenoxy) is 2. The maximum atomic E-state index is 12.5. The number of carbonyl (C=O) groups is 2. The summed E-state index contributed by atoms with van der Waals surface area (Å²) in [6, 6.07) is 12.3. The molecule has 8 nitrogen and oxygen atoms in total. The van der Waals surface area contributed by atoms with Crippen LogP contribution in [0.3, 0.4) is 0 Å². The van der Waals surface area contributed by atoms with E-state index in [1.807, 2.05) is 18.2 Å². The summed E-state index contributed by atoms with van der Waals surface area (Å²) in [5.74, 6) is 1.27. The van der Waals surface area contributed by atoms with Gasteiger partial charge >= 0.3 is 0 Å². The van der Waals surface area contributed by atoms with Crippen LogP contribution < -0.4 is 20.1 Å². The van der Waals surface area contributed by atoms with E-state index in [4.69, 9.17) is 9.47 Å². The molecular weight excluding hydrogens is 404 g/mol. The smallest absolute Gasteiger partial charge is 0.286 e. The van der Waals surface area contributed by atoms with Gasteiger partial charge in [0.1, 0.15) is 5.01 Å². The Hall–Kier alpha value is -3.46. The number of carbonyl (C=O) groups excluding carboxylic acids is 2. The van der Waals surface area contributed by atoms with Crippen LogP contribution in [-0.2, 0) is 6.54 Å². The zero-order chi connectivity index (χ0) is 20.5. The molecule has 30 heavy (non-hydrogen) atoms. The number of fused-ring (bicyclic) bond motifs is 1. The number of anilines is 1. The molecule has 0 radical (unpaired) electrons. The molecule has 2 aliphatic rings. The van der Waals surface area contributed by atoms with Gasteiger partial charge in [0, 0.05) is 23.7 Å². The van der Waals surface area contributed by atoms with Gasteiger partial charge in [-0.1, -0.05) is 23.5 Å². The monoisotopic (exact) mass is 422 g/mol. The molecule has 2 aromatic carbocycles. The van der Waals surface area contributed by atoms with Crippen LogP contribution in [0.4, 0.5) is 5.69 Å². The molecule has 0 saturated heterocycles. The summed E-state index contributed by atoms with van der Waals surface area (Å²) in [7, 11) is 0. The van der Waals surface area contributed by atoms with Crippen LogP contribution in [-0.4, -0.2) is 28.8 Å². The van der Waals surface area contributed by atoms with Gasteiger partial charge in [-0.3, -0.25) is 9.59 Å². The summed E-state index contributed by atoms with van der Waals surface area (Å²) in [6.45, 7) is 0.559. The van der Waals surface area contributed by atoms with Crippen LogP contribution in [0.2, 0.25) is 0 Å². The summed E-state index contributed by atoms with van der Waals surface area (Å²) in [6.07, 6.45) is 2.22. The van der Waals surface area contributed by atoms with E-state index in [-0.39, 0.29) is 18.6 Å². The zero-order valence-corrected chi connectivity index (χ0v) is 16.7. The highest BCUT2D eigenvalue weighted by atomic mass is 32.1. The highest BCUT2D eigenvalue weighted by Gasteiger charge is 2.28. The maximum Gasteiger partial charge on any atom is 0.286 e. The third-order valence-corrected chi connectivity index (χ3v) is 5.92. The van der Waals surface area contributed by atoms with Crippen molar-refractivity contribution >= 4 is 28.8 Å². The van der Waals surface area contributed by atoms with Crippen LogP contribution in [0.25, 0.3) is 0 Å². The first-order valence-electron chi connectivity index (χ1n) is 9.57. The van der Waals surface area contributed by atoms with Gasteiger partial charge in [-0.25, -0.2) is 0 Å². The van der Waals surface area contributed by atoms with Crippen molar-refractivity contribution < 1.29 is 19.1 Å². The van der Waals surface area contributed by atoms with Crippen LogP contribution in [0.5, 0.6) is 11.5 Å². The topological polar surface area (TPSA) is 102 Å². The van der Waals surface area contributed by atoms with Gasteiger partial charge in [-0.15, -0.1) is 10.2 Å². The lowest BCUT2D eigenvalue weighted by molar-refractivity contribution is 0.0949. The molecule has 152 valence electrons. The number of rotatable bonds is 6. The lowest BCUT2D eigenvalue weighted by Crippen LogP contribution is -2.23. The summed E-state index contributed by atoms with van der Waals surface area (Å²) in [5, 5.41) is 15.0. The van der Waals surface area contributed by atoms with Crippen molar-refractivity contribution in [2.45, 2.75) is 25.3 Å². The molecule has 2 amide bonds. The van der Waals surface area contributed by atoms with Gasteiger partial charge in [0.25, 0.3) is 11.8 Å². The summed E-state index contributed by atoms with van der Waals surface area (Å²) in [4.78, 5) is 25.0. The molecule has 0 unspecified atom stereocenters. The molecule has 9 heteroatoms. The first-order chi connectivity index (χ1) is 14.7. The quantitative estimate of drug-likeness (QED) is 0.632. The molecule has 1 fully saturated rings. The Morgan fingerprint density at radius 2 is 1.90 bits per heavy atom.